The number of allylic oxidation sites excluding steroid dienone is 1. The number of nitrogens with two attached hydrogens (primary N) is 2. The van der Waals surface area contributed by atoms with Gasteiger partial charge in [0.15, 0.2) is 0 Å². The standard InChI is InChI=1S/C23H25N5O2S/c24-22(10-12-27-17-18-5-4-11-26-16-18)21-15-20(19-6-2-1-3-7-19)8-9-23(21)28-13-14-31(25,29)30/h1-12,15-16,28H,13-14,17,24H2,(H2,25,29,30). The van der Waals surface area contributed by atoms with E-state index in [9.17, 15) is 8.42 Å². The predicted molar refractivity (Wildman–Crippen MR) is 127 cm³/mol. The highest BCUT2D eigenvalue weighted by Gasteiger charge is 2.09. The molecule has 0 bridgehead atoms. The van der Waals surface area contributed by atoms with Crippen molar-refractivity contribution in [3.8, 4) is 11.1 Å². The van der Waals surface area contributed by atoms with Gasteiger partial charge in [0.1, 0.15) is 0 Å². The monoisotopic (exact) mass is 435 g/mol. The molecule has 5 N–H and O–H groups in total. The third kappa shape index (κ3) is 7.06. The molecule has 0 amide bonds. The van der Waals surface area contributed by atoms with Gasteiger partial charge in [-0.05, 0) is 41.0 Å². The Kier molecular flexibility index (Phi) is 7.53. The third-order valence-corrected chi connectivity index (χ3v) is 5.27. The fourth-order valence-corrected chi connectivity index (χ4v) is 3.33. The molecule has 0 radical (unpaired) electrons. The minimum Gasteiger partial charge on any atom is -0.398 e. The van der Waals surface area contributed by atoms with Crippen LogP contribution < -0.4 is 16.2 Å². The summed E-state index contributed by atoms with van der Waals surface area (Å²) in [4.78, 5) is 8.44. The fourth-order valence-electron chi connectivity index (χ4n) is 2.95. The summed E-state index contributed by atoms with van der Waals surface area (Å²) in [5.74, 6) is -0.178. The summed E-state index contributed by atoms with van der Waals surface area (Å²) in [6, 6.07) is 19.6. The van der Waals surface area contributed by atoms with Gasteiger partial charge in [-0.15, -0.1) is 0 Å². The number of aromatic nitrogens is 1. The van der Waals surface area contributed by atoms with Crippen molar-refractivity contribution in [2.45, 2.75) is 6.54 Å². The Hall–Kier alpha value is -3.49. The van der Waals surface area contributed by atoms with Crippen molar-refractivity contribution in [1.29, 1.82) is 0 Å². The van der Waals surface area contributed by atoms with E-state index in [2.05, 4.69) is 15.3 Å². The first kappa shape index (κ1) is 22.2. The van der Waals surface area contributed by atoms with Gasteiger partial charge in [0.05, 0.1) is 12.3 Å². The number of hydrogen-bond donors (Lipinski definition) is 3. The van der Waals surface area contributed by atoms with Crippen LogP contribution in [0.4, 0.5) is 5.69 Å². The van der Waals surface area contributed by atoms with Gasteiger partial charge in [0.2, 0.25) is 10.0 Å². The summed E-state index contributed by atoms with van der Waals surface area (Å²) < 4.78 is 22.5. The maximum absolute atomic E-state index is 11.3. The van der Waals surface area contributed by atoms with E-state index in [0.717, 1.165) is 27.9 Å². The number of benzene rings is 2. The van der Waals surface area contributed by atoms with Crippen LogP contribution in [0.1, 0.15) is 11.1 Å². The Morgan fingerprint density at radius 3 is 2.58 bits per heavy atom. The van der Waals surface area contributed by atoms with Gasteiger partial charge in [-0.3, -0.25) is 9.98 Å². The first-order valence-corrected chi connectivity index (χ1v) is 11.4. The van der Waals surface area contributed by atoms with E-state index in [0.29, 0.717) is 12.2 Å². The zero-order chi connectivity index (χ0) is 22.1. The first-order valence-electron chi connectivity index (χ1n) is 9.71. The van der Waals surface area contributed by atoms with E-state index in [1.165, 1.54) is 0 Å². The number of aliphatic imine (C=N–C) groups is 1. The molecular formula is C23H25N5O2S. The summed E-state index contributed by atoms with van der Waals surface area (Å²) in [5, 5.41) is 8.21. The van der Waals surface area contributed by atoms with Crippen LogP contribution in [0.5, 0.6) is 0 Å². The van der Waals surface area contributed by atoms with Gasteiger partial charge in [0, 0.05) is 42.1 Å². The van der Waals surface area contributed by atoms with E-state index in [1.54, 1.807) is 24.7 Å². The topological polar surface area (TPSA) is 123 Å². The Bertz CT molecular complexity index is 1160. The fraction of sp³-hybridized carbons (Fsp3) is 0.130. The molecule has 0 spiro atoms. The van der Waals surface area contributed by atoms with E-state index in [4.69, 9.17) is 10.9 Å². The van der Waals surface area contributed by atoms with Crippen LogP contribution in [0.3, 0.4) is 0 Å². The number of sulfonamides is 1. The Labute approximate surface area is 182 Å². The number of anilines is 1. The molecule has 31 heavy (non-hydrogen) atoms. The number of pyridine rings is 1. The maximum Gasteiger partial charge on any atom is 0.210 e. The molecule has 0 saturated heterocycles. The van der Waals surface area contributed by atoms with Crippen LogP contribution in [-0.4, -0.2) is 31.9 Å². The summed E-state index contributed by atoms with van der Waals surface area (Å²) in [7, 11) is -3.56. The SMILES string of the molecule is NC(=CC=NCc1cccnc1)c1cc(-c2ccccc2)ccc1NCCS(N)(=O)=O. The molecule has 0 unspecified atom stereocenters. The quantitative estimate of drug-likeness (QED) is 0.446. The summed E-state index contributed by atoms with van der Waals surface area (Å²) in [6.07, 6.45) is 6.87. The van der Waals surface area contributed by atoms with E-state index < -0.39 is 10.0 Å². The molecule has 1 aromatic heterocycles. The van der Waals surface area contributed by atoms with E-state index in [1.807, 2.05) is 60.7 Å². The molecule has 8 heteroatoms. The third-order valence-electron chi connectivity index (χ3n) is 4.50. The van der Waals surface area contributed by atoms with Crippen molar-refractivity contribution >= 4 is 27.6 Å². The van der Waals surface area contributed by atoms with Crippen molar-refractivity contribution < 1.29 is 8.42 Å². The summed E-state index contributed by atoms with van der Waals surface area (Å²) in [6.45, 7) is 0.681. The Morgan fingerprint density at radius 1 is 1.06 bits per heavy atom. The van der Waals surface area contributed by atoms with Crippen LogP contribution in [-0.2, 0) is 16.6 Å². The zero-order valence-electron chi connectivity index (χ0n) is 17.0. The van der Waals surface area contributed by atoms with Crippen molar-refractivity contribution in [2.24, 2.45) is 15.9 Å². The van der Waals surface area contributed by atoms with Crippen molar-refractivity contribution in [3.63, 3.8) is 0 Å². The molecule has 160 valence electrons. The average molecular weight is 436 g/mol. The second-order valence-corrected chi connectivity index (χ2v) is 8.63. The lowest BCUT2D eigenvalue weighted by molar-refractivity contribution is 0.598. The van der Waals surface area contributed by atoms with Gasteiger partial charge in [-0.2, -0.15) is 0 Å². The van der Waals surface area contributed by atoms with Crippen molar-refractivity contribution in [2.75, 3.05) is 17.6 Å². The lowest BCUT2D eigenvalue weighted by Crippen LogP contribution is -2.22. The van der Waals surface area contributed by atoms with Gasteiger partial charge >= 0.3 is 0 Å². The summed E-state index contributed by atoms with van der Waals surface area (Å²) in [5.41, 5.74) is 11.4. The highest BCUT2D eigenvalue weighted by Crippen LogP contribution is 2.28. The molecule has 0 aliphatic carbocycles. The molecule has 3 aromatic rings. The second kappa shape index (κ2) is 10.5. The minimum atomic E-state index is -3.56. The molecule has 7 nitrogen and oxygen atoms in total. The Morgan fingerprint density at radius 2 is 1.87 bits per heavy atom. The smallest absolute Gasteiger partial charge is 0.210 e. The predicted octanol–water partition coefficient (Wildman–Crippen LogP) is 3.02. The zero-order valence-corrected chi connectivity index (χ0v) is 17.8. The molecule has 1 heterocycles. The van der Waals surface area contributed by atoms with Crippen molar-refractivity contribution in [3.05, 3.63) is 90.3 Å². The molecule has 0 aliphatic heterocycles. The highest BCUT2D eigenvalue weighted by molar-refractivity contribution is 7.89. The number of nitrogens with one attached hydrogen (secondary N) is 1. The number of hydrogen-bond acceptors (Lipinski definition) is 6. The molecule has 0 fully saturated rings. The van der Waals surface area contributed by atoms with Crippen LogP contribution in [0.2, 0.25) is 0 Å². The molecule has 0 saturated carbocycles. The number of rotatable bonds is 9. The van der Waals surface area contributed by atoms with Crippen LogP contribution >= 0.6 is 0 Å². The highest BCUT2D eigenvalue weighted by atomic mass is 32.2. The Balaban J connectivity index is 1.84. The van der Waals surface area contributed by atoms with E-state index >= 15 is 0 Å². The van der Waals surface area contributed by atoms with Gasteiger partial charge in [0.25, 0.3) is 0 Å². The molecule has 0 atom stereocenters. The molecule has 3 rings (SSSR count). The molecular weight excluding hydrogens is 410 g/mol. The van der Waals surface area contributed by atoms with Gasteiger partial charge in [-0.25, -0.2) is 13.6 Å². The van der Waals surface area contributed by atoms with Gasteiger partial charge < -0.3 is 11.1 Å². The number of nitrogens with zero attached hydrogens (tertiary/aromatic N) is 2. The lowest BCUT2D eigenvalue weighted by atomic mass is 10.00. The summed E-state index contributed by atoms with van der Waals surface area (Å²) >= 11 is 0. The molecule has 2 aromatic carbocycles. The van der Waals surface area contributed by atoms with E-state index in [-0.39, 0.29) is 12.3 Å². The van der Waals surface area contributed by atoms with Crippen molar-refractivity contribution in [1.82, 2.24) is 4.98 Å². The van der Waals surface area contributed by atoms with Gasteiger partial charge in [-0.1, -0.05) is 42.5 Å². The number of primary sulfonamides is 1. The first-order chi connectivity index (χ1) is 14.9. The minimum absolute atomic E-state index is 0.178. The second-order valence-electron chi connectivity index (χ2n) is 6.89. The maximum atomic E-state index is 11.3. The van der Waals surface area contributed by atoms with Crippen LogP contribution in [0.25, 0.3) is 16.8 Å². The molecule has 0 aliphatic rings. The lowest BCUT2D eigenvalue weighted by Gasteiger charge is -2.14. The largest absolute Gasteiger partial charge is 0.398 e. The van der Waals surface area contributed by atoms with Crippen LogP contribution in [0, 0.1) is 0 Å². The normalized spacial score (nSPS) is 12.2. The average Bonchev–Trinajstić information content (AvgIpc) is 2.77. The van der Waals surface area contributed by atoms with Crippen LogP contribution in [0.15, 0.2) is 84.1 Å².